The molecule has 0 aliphatic carbocycles. The van der Waals surface area contributed by atoms with Gasteiger partial charge in [0, 0.05) is 49.7 Å². The third kappa shape index (κ3) is 8.57. The van der Waals surface area contributed by atoms with Gasteiger partial charge in [0.15, 0.2) is 5.78 Å². The lowest BCUT2D eigenvalue weighted by Crippen LogP contribution is -2.50. The van der Waals surface area contributed by atoms with E-state index in [0.29, 0.717) is 37.4 Å². The van der Waals surface area contributed by atoms with Gasteiger partial charge >= 0.3 is 12.1 Å². The minimum atomic E-state index is -1.04. The lowest BCUT2D eigenvalue weighted by atomic mass is 10.1. The molecule has 8 nitrogen and oxygen atoms in total. The number of benzene rings is 1. The van der Waals surface area contributed by atoms with Crippen molar-refractivity contribution in [2.24, 2.45) is 0 Å². The van der Waals surface area contributed by atoms with Crippen molar-refractivity contribution in [2.75, 3.05) is 31.1 Å². The van der Waals surface area contributed by atoms with Crippen molar-refractivity contribution in [2.45, 2.75) is 26.4 Å². The summed E-state index contributed by atoms with van der Waals surface area (Å²) in [4.78, 5) is 43.3. The number of piperazine rings is 1. The van der Waals surface area contributed by atoms with E-state index in [1.54, 1.807) is 41.4 Å². The SMILES string of the molecule is CC(C)(C)OC(=O)N1CCN(c2ccc(C(=O)/C=C/c3ccc(/C=C/C(=O)O)nc3)cc2)CC1.Cl. The lowest BCUT2D eigenvalue weighted by Gasteiger charge is -2.36. The van der Waals surface area contributed by atoms with Crippen LogP contribution in [0.15, 0.2) is 54.7 Å². The Labute approximate surface area is 211 Å². The number of hydrogen-bond acceptors (Lipinski definition) is 6. The number of carboxylic acids is 1. The van der Waals surface area contributed by atoms with E-state index in [1.165, 1.54) is 12.2 Å². The highest BCUT2D eigenvalue weighted by Gasteiger charge is 2.25. The van der Waals surface area contributed by atoms with Gasteiger partial charge < -0.3 is 19.6 Å². The number of ketones is 1. The molecule has 0 atom stereocenters. The Morgan fingerprint density at radius 1 is 0.943 bits per heavy atom. The molecule has 2 heterocycles. The van der Waals surface area contributed by atoms with Gasteiger partial charge in [0.05, 0.1) is 5.69 Å². The summed E-state index contributed by atoms with van der Waals surface area (Å²) >= 11 is 0. The number of aromatic nitrogens is 1. The van der Waals surface area contributed by atoms with Gasteiger partial charge in [0.25, 0.3) is 0 Å². The number of pyridine rings is 1. The van der Waals surface area contributed by atoms with E-state index in [9.17, 15) is 14.4 Å². The quantitative estimate of drug-likeness (QED) is 0.459. The zero-order valence-corrected chi connectivity index (χ0v) is 20.8. The predicted octanol–water partition coefficient (Wildman–Crippen LogP) is 4.55. The number of allylic oxidation sites excluding steroid dienone is 1. The summed E-state index contributed by atoms with van der Waals surface area (Å²) in [5.41, 5.74) is 2.32. The molecule has 1 aliphatic heterocycles. The van der Waals surface area contributed by atoms with Crippen LogP contribution < -0.4 is 4.90 Å². The Bertz CT molecular complexity index is 1080. The molecule has 0 radical (unpaired) electrons. The number of rotatable bonds is 6. The van der Waals surface area contributed by atoms with Crippen LogP contribution in [-0.2, 0) is 9.53 Å². The zero-order valence-electron chi connectivity index (χ0n) is 20.0. The first-order chi connectivity index (χ1) is 16.1. The Balaban J connectivity index is 0.00000432. The molecule has 1 aromatic heterocycles. The Morgan fingerprint density at radius 2 is 1.60 bits per heavy atom. The maximum absolute atomic E-state index is 12.5. The molecule has 1 aliphatic rings. The van der Waals surface area contributed by atoms with Crippen LogP contribution in [0.3, 0.4) is 0 Å². The molecule has 1 aromatic carbocycles. The van der Waals surface area contributed by atoms with Gasteiger partial charge in [0.1, 0.15) is 5.60 Å². The molecule has 0 spiro atoms. The normalized spacial score (nSPS) is 14.1. The van der Waals surface area contributed by atoms with E-state index < -0.39 is 11.6 Å². The second kappa shape index (κ2) is 12.2. The summed E-state index contributed by atoms with van der Waals surface area (Å²) in [7, 11) is 0. The monoisotopic (exact) mass is 499 g/mol. The molecule has 1 fully saturated rings. The fraction of sp³-hybridized carbons (Fsp3) is 0.308. The van der Waals surface area contributed by atoms with Crippen molar-refractivity contribution < 1.29 is 24.2 Å². The van der Waals surface area contributed by atoms with Gasteiger partial charge in [-0.1, -0.05) is 6.07 Å². The van der Waals surface area contributed by atoms with Crippen LogP contribution >= 0.6 is 12.4 Å². The number of carbonyl (C=O) groups excluding carboxylic acids is 2. The summed E-state index contributed by atoms with van der Waals surface area (Å²) in [5, 5.41) is 8.65. The third-order valence-electron chi connectivity index (χ3n) is 5.08. The Hall–Kier alpha value is -3.65. The molecule has 35 heavy (non-hydrogen) atoms. The van der Waals surface area contributed by atoms with Crippen LogP contribution in [0.1, 0.15) is 42.4 Å². The van der Waals surface area contributed by atoms with Crippen molar-refractivity contribution in [1.29, 1.82) is 0 Å². The minimum absolute atomic E-state index is 0. The van der Waals surface area contributed by atoms with Crippen molar-refractivity contribution in [1.82, 2.24) is 9.88 Å². The number of hydrogen-bond donors (Lipinski definition) is 1. The first-order valence-electron chi connectivity index (χ1n) is 11.0. The van der Waals surface area contributed by atoms with E-state index in [1.807, 2.05) is 32.9 Å². The van der Waals surface area contributed by atoms with E-state index in [-0.39, 0.29) is 24.3 Å². The highest BCUT2D eigenvalue weighted by Crippen LogP contribution is 2.19. The number of amides is 1. The topological polar surface area (TPSA) is 100 Å². The van der Waals surface area contributed by atoms with E-state index >= 15 is 0 Å². The van der Waals surface area contributed by atoms with Crippen LogP contribution in [-0.4, -0.2) is 64.6 Å². The Morgan fingerprint density at radius 3 is 2.14 bits per heavy atom. The molecule has 1 N–H and O–H groups in total. The summed E-state index contributed by atoms with van der Waals surface area (Å²) in [6.45, 7) is 8.11. The number of carboxylic acid groups (broad SMARTS) is 1. The third-order valence-corrected chi connectivity index (χ3v) is 5.08. The van der Waals surface area contributed by atoms with Gasteiger partial charge in [-0.25, -0.2) is 9.59 Å². The standard InChI is InChI=1S/C26H29N3O5.ClH/c1-26(2,3)34-25(33)29-16-14-28(15-17-29)22-10-6-20(7-11-22)23(30)12-5-19-4-8-21(27-18-19)9-13-24(31)32;/h4-13,18H,14-17H2,1-3H3,(H,31,32);1H/b12-5+,13-9+;. The predicted molar refractivity (Wildman–Crippen MR) is 138 cm³/mol. The minimum Gasteiger partial charge on any atom is -0.478 e. The lowest BCUT2D eigenvalue weighted by molar-refractivity contribution is -0.131. The summed E-state index contributed by atoms with van der Waals surface area (Å²) in [6, 6.07) is 10.9. The highest BCUT2D eigenvalue weighted by molar-refractivity contribution is 6.07. The van der Waals surface area contributed by atoms with Gasteiger partial charge in [-0.3, -0.25) is 9.78 Å². The van der Waals surface area contributed by atoms with Crippen LogP contribution in [0.5, 0.6) is 0 Å². The molecule has 0 unspecified atom stereocenters. The summed E-state index contributed by atoms with van der Waals surface area (Å²) in [6.07, 6.45) is 6.86. The molecule has 0 saturated carbocycles. The van der Waals surface area contributed by atoms with Crippen molar-refractivity contribution in [3.05, 3.63) is 71.6 Å². The van der Waals surface area contributed by atoms with Crippen molar-refractivity contribution in [3.63, 3.8) is 0 Å². The first-order valence-corrected chi connectivity index (χ1v) is 11.0. The summed E-state index contributed by atoms with van der Waals surface area (Å²) < 4.78 is 5.44. The fourth-order valence-corrected chi connectivity index (χ4v) is 3.35. The summed E-state index contributed by atoms with van der Waals surface area (Å²) in [5.74, 6) is -1.17. The maximum Gasteiger partial charge on any atom is 0.410 e. The molecule has 1 saturated heterocycles. The average molecular weight is 500 g/mol. The van der Waals surface area contributed by atoms with E-state index in [4.69, 9.17) is 9.84 Å². The number of nitrogens with zero attached hydrogens (tertiary/aromatic N) is 3. The molecule has 0 bridgehead atoms. The van der Waals surface area contributed by atoms with Crippen molar-refractivity contribution >= 4 is 48.1 Å². The maximum atomic E-state index is 12.5. The molecular weight excluding hydrogens is 470 g/mol. The second-order valence-corrected chi connectivity index (χ2v) is 8.89. The Kier molecular flexibility index (Phi) is 9.59. The fourth-order valence-electron chi connectivity index (χ4n) is 3.35. The number of aliphatic carboxylic acids is 1. The molecule has 186 valence electrons. The molecule has 9 heteroatoms. The molecule has 2 aromatic rings. The van der Waals surface area contributed by atoms with Crippen LogP contribution in [0.25, 0.3) is 12.2 Å². The van der Waals surface area contributed by atoms with Gasteiger partial charge in [0.2, 0.25) is 0 Å². The van der Waals surface area contributed by atoms with E-state index in [0.717, 1.165) is 17.3 Å². The molecular formula is C26H30ClN3O5. The highest BCUT2D eigenvalue weighted by atomic mass is 35.5. The van der Waals surface area contributed by atoms with Crippen molar-refractivity contribution in [3.8, 4) is 0 Å². The number of carbonyl (C=O) groups is 3. The second-order valence-electron chi connectivity index (χ2n) is 8.89. The number of anilines is 1. The molecule has 1 amide bonds. The van der Waals surface area contributed by atoms with Gasteiger partial charge in [-0.15, -0.1) is 12.4 Å². The molecule has 3 rings (SSSR count). The zero-order chi connectivity index (χ0) is 24.7. The first kappa shape index (κ1) is 27.6. The van der Waals surface area contributed by atoms with Gasteiger partial charge in [-0.2, -0.15) is 0 Å². The number of ether oxygens (including phenoxy) is 1. The van der Waals surface area contributed by atoms with Crippen LogP contribution in [0.4, 0.5) is 10.5 Å². The van der Waals surface area contributed by atoms with Crippen LogP contribution in [0.2, 0.25) is 0 Å². The average Bonchev–Trinajstić information content (AvgIpc) is 2.81. The largest absolute Gasteiger partial charge is 0.478 e. The van der Waals surface area contributed by atoms with Gasteiger partial charge in [-0.05, 0) is 74.9 Å². The van der Waals surface area contributed by atoms with E-state index in [2.05, 4.69) is 9.88 Å². The number of halogens is 1. The van der Waals surface area contributed by atoms with Crippen LogP contribution in [0, 0.1) is 0 Å². The smallest absolute Gasteiger partial charge is 0.410 e.